The second kappa shape index (κ2) is 4.93. The average molecular weight is 261 g/mol. The Kier molecular flexibility index (Phi) is 3.48. The van der Waals surface area contributed by atoms with Gasteiger partial charge in [-0.05, 0) is 19.1 Å². The minimum Gasteiger partial charge on any atom is -0.391 e. The van der Waals surface area contributed by atoms with E-state index >= 15 is 0 Å². The maximum Gasteiger partial charge on any atom is 0.261 e. The Bertz CT molecular complexity index is 517. The van der Waals surface area contributed by atoms with Gasteiger partial charge in [-0.2, -0.15) is 0 Å². The maximum absolute atomic E-state index is 12.0. The zero-order chi connectivity index (χ0) is 14.2. The third kappa shape index (κ3) is 2.29. The van der Waals surface area contributed by atoms with Gasteiger partial charge in [0, 0.05) is 5.92 Å². The number of ketones is 1. The second-order valence-electron chi connectivity index (χ2n) is 4.73. The molecule has 1 aromatic carbocycles. The summed E-state index contributed by atoms with van der Waals surface area (Å²) < 4.78 is 0. The number of rotatable bonds is 4. The van der Waals surface area contributed by atoms with E-state index in [2.05, 4.69) is 0 Å². The van der Waals surface area contributed by atoms with Crippen molar-refractivity contribution < 1.29 is 19.5 Å². The smallest absolute Gasteiger partial charge is 0.261 e. The molecule has 0 aromatic heterocycles. The highest BCUT2D eigenvalue weighted by molar-refractivity contribution is 6.21. The first-order valence-electron chi connectivity index (χ1n) is 6.07. The summed E-state index contributed by atoms with van der Waals surface area (Å²) in [6.45, 7) is 2.79. The van der Waals surface area contributed by atoms with Gasteiger partial charge in [-0.3, -0.25) is 19.3 Å². The lowest BCUT2D eigenvalue weighted by Gasteiger charge is -2.21. The fourth-order valence-corrected chi connectivity index (χ4v) is 2.02. The Morgan fingerprint density at radius 3 is 2.11 bits per heavy atom. The van der Waals surface area contributed by atoms with Crippen LogP contribution in [0.2, 0.25) is 0 Å². The minimum absolute atomic E-state index is 0.160. The number of imide groups is 1. The Hall–Kier alpha value is -2.01. The van der Waals surface area contributed by atoms with Crippen LogP contribution < -0.4 is 0 Å². The van der Waals surface area contributed by atoms with E-state index < -0.39 is 23.8 Å². The zero-order valence-electron chi connectivity index (χ0n) is 10.8. The molecule has 5 nitrogen and oxygen atoms in total. The summed E-state index contributed by atoms with van der Waals surface area (Å²) in [6, 6.07) is 6.52. The Morgan fingerprint density at radius 2 is 1.68 bits per heavy atom. The van der Waals surface area contributed by atoms with Gasteiger partial charge in [-0.1, -0.05) is 19.1 Å². The van der Waals surface area contributed by atoms with Crippen molar-refractivity contribution in [1.29, 1.82) is 0 Å². The Labute approximate surface area is 110 Å². The van der Waals surface area contributed by atoms with E-state index in [0.29, 0.717) is 11.1 Å². The number of Topliss-reactive ketones (excluding diaryl/α,β-unsaturated/α-hetero) is 1. The molecule has 100 valence electrons. The molecule has 1 aliphatic rings. The molecule has 0 fully saturated rings. The van der Waals surface area contributed by atoms with Crippen LogP contribution in [0.3, 0.4) is 0 Å². The second-order valence-corrected chi connectivity index (χ2v) is 4.73. The minimum atomic E-state index is -1.04. The van der Waals surface area contributed by atoms with E-state index in [0.717, 1.165) is 4.90 Å². The van der Waals surface area contributed by atoms with Crippen molar-refractivity contribution in [3.05, 3.63) is 35.4 Å². The fraction of sp³-hybridized carbons (Fsp3) is 0.357. The molecule has 1 aromatic rings. The lowest BCUT2D eigenvalue weighted by atomic mass is 10.0. The molecule has 0 unspecified atom stereocenters. The van der Waals surface area contributed by atoms with Gasteiger partial charge >= 0.3 is 0 Å². The number of benzene rings is 1. The van der Waals surface area contributed by atoms with Crippen LogP contribution in [0.25, 0.3) is 0 Å². The van der Waals surface area contributed by atoms with Crippen LogP contribution in [0.1, 0.15) is 34.6 Å². The largest absolute Gasteiger partial charge is 0.391 e. The summed E-state index contributed by atoms with van der Waals surface area (Å²) in [7, 11) is 0. The Balaban J connectivity index is 2.19. The van der Waals surface area contributed by atoms with Gasteiger partial charge < -0.3 is 5.11 Å². The van der Waals surface area contributed by atoms with Crippen LogP contribution in [0.5, 0.6) is 0 Å². The molecule has 2 rings (SSSR count). The van der Waals surface area contributed by atoms with E-state index in [9.17, 15) is 19.5 Å². The van der Waals surface area contributed by atoms with Crippen molar-refractivity contribution in [2.24, 2.45) is 5.92 Å². The summed E-state index contributed by atoms with van der Waals surface area (Å²) in [5.41, 5.74) is 0.686. The summed E-state index contributed by atoms with van der Waals surface area (Å²) in [5, 5.41) is 9.90. The molecule has 0 saturated heterocycles. The van der Waals surface area contributed by atoms with E-state index in [-0.39, 0.29) is 12.3 Å². The van der Waals surface area contributed by atoms with Crippen molar-refractivity contribution in [3.8, 4) is 0 Å². The third-order valence-electron chi connectivity index (χ3n) is 3.47. The quantitative estimate of drug-likeness (QED) is 0.816. The molecule has 2 amide bonds. The van der Waals surface area contributed by atoms with Gasteiger partial charge in [0.25, 0.3) is 11.8 Å². The number of aliphatic hydroxyl groups is 1. The SMILES string of the molecule is CC(=O)[C@H](C)[C@@H](O)CN1C(=O)c2ccccc2C1=O. The topological polar surface area (TPSA) is 74.7 Å². The van der Waals surface area contributed by atoms with E-state index in [4.69, 9.17) is 0 Å². The van der Waals surface area contributed by atoms with E-state index in [1.807, 2.05) is 0 Å². The van der Waals surface area contributed by atoms with E-state index in [1.165, 1.54) is 6.92 Å². The number of carbonyl (C=O) groups excluding carboxylic acids is 3. The maximum atomic E-state index is 12.0. The lowest BCUT2D eigenvalue weighted by molar-refractivity contribution is -0.123. The molecular formula is C14H15NO4. The standard InChI is InChI=1S/C14H15NO4/c1-8(9(2)16)12(17)7-15-13(18)10-5-3-4-6-11(10)14(15)19/h3-6,8,12,17H,7H2,1-2H3/t8-,12-/m0/s1. The Morgan fingerprint density at radius 1 is 1.21 bits per heavy atom. The third-order valence-corrected chi connectivity index (χ3v) is 3.47. The molecule has 0 spiro atoms. The highest BCUT2D eigenvalue weighted by Crippen LogP contribution is 2.23. The van der Waals surface area contributed by atoms with Crippen LogP contribution in [0.4, 0.5) is 0 Å². The van der Waals surface area contributed by atoms with Crippen molar-refractivity contribution in [2.45, 2.75) is 20.0 Å². The predicted octanol–water partition coefficient (Wildman–Crippen LogP) is 0.869. The van der Waals surface area contributed by atoms with Crippen LogP contribution in [0.15, 0.2) is 24.3 Å². The monoisotopic (exact) mass is 261 g/mol. The van der Waals surface area contributed by atoms with Gasteiger partial charge in [0.2, 0.25) is 0 Å². The zero-order valence-corrected chi connectivity index (χ0v) is 10.8. The van der Waals surface area contributed by atoms with Crippen LogP contribution >= 0.6 is 0 Å². The molecule has 1 heterocycles. The van der Waals surface area contributed by atoms with Crippen molar-refractivity contribution in [1.82, 2.24) is 4.90 Å². The molecular weight excluding hydrogens is 246 g/mol. The summed E-state index contributed by atoms with van der Waals surface area (Å²) in [5.74, 6) is -1.63. The molecule has 19 heavy (non-hydrogen) atoms. The molecule has 0 bridgehead atoms. The molecule has 1 aliphatic heterocycles. The van der Waals surface area contributed by atoms with Gasteiger partial charge in [0.05, 0.1) is 23.8 Å². The molecule has 2 atom stereocenters. The first-order chi connectivity index (χ1) is 8.93. The van der Waals surface area contributed by atoms with E-state index in [1.54, 1.807) is 31.2 Å². The summed E-state index contributed by atoms with van der Waals surface area (Å²) >= 11 is 0. The molecule has 0 saturated carbocycles. The number of hydrogen-bond acceptors (Lipinski definition) is 4. The first kappa shape index (κ1) is 13.4. The normalized spacial score (nSPS) is 17.3. The lowest BCUT2D eigenvalue weighted by Crippen LogP contribution is -2.40. The predicted molar refractivity (Wildman–Crippen MR) is 67.7 cm³/mol. The van der Waals surface area contributed by atoms with Crippen LogP contribution in [-0.4, -0.2) is 40.3 Å². The average Bonchev–Trinajstić information content (AvgIpc) is 2.63. The number of carbonyl (C=O) groups is 3. The number of amides is 2. The highest BCUT2D eigenvalue weighted by Gasteiger charge is 2.37. The highest BCUT2D eigenvalue weighted by atomic mass is 16.3. The number of β-amino-alcohol motifs (C(OH)–C–C–N with tert-alkyl or cyclic N) is 1. The van der Waals surface area contributed by atoms with Gasteiger partial charge in [-0.25, -0.2) is 0 Å². The summed E-state index contributed by atoms with van der Waals surface area (Å²) in [6.07, 6.45) is -1.04. The van der Waals surface area contributed by atoms with Crippen molar-refractivity contribution in [2.75, 3.05) is 6.54 Å². The van der Waals surface area contributed by atoms with Gasteiger partial charge in [0.15, 0.2) is 0 Å². The number of fused-ring (bicyclic) bond motifs is 1. The molecule has 0 aliphatic carbocycles. The van der Waals surface area contributed by atoms with Gasteiger partial charge in [0.1, 0.15) is 5.78 Å². The first-order valence-corrected chi connectivity index (χ1v) is 6.07. The number of aliphatic hydroxyl groups excluding tert-OH is 1. The van der Waals surface area contributed by atoms with Crippen molar-refractivity contribution >= 4 is 17.6 Å². The molecule has 0 radical (unpaired) electrons. The number of hydrogen-bond donors (Lipinski definition) is 1. The molecule has 5 heteroatoms. The summed E-state index contributed by atoms with van der Waals surface area (Å²) in [4.78, 5) is 36.3. The molecule has 1 N–H and O–H groups in total. The number of nitrogens with zero attached hydrogens (tertiary/aromatic N) is 1. The van der Waals surface area contributed by atoms with Crippen molar-refractivity contribution in [3.63, 3.8) is 0 Å². The van der Waals surface area contributed by atoms with Gasteiger partial charge in [-0.15, -0.1) is 0 Å². The van der Waals surface area contributed by atoms with Crippen LogP contribution in [0, 0.1) is 5.92 Å². The van der Waals surface area contributed by atoms with Crippen LogP contribution in [-0.2, 0) is 4.79 Å². The fourth-order valence-electron chi connectivity index (χ4n) is 2.02.